The van der Waals surface area contributed by atoms with E-state index in [9.17, 15) is 4.79 Å². The highest BCUT2D eigenvalue weighted by Crippen LogP contribution is 2.65. The van der Waals surface area contributed by atoms with E-state index in [1.54, 1.807) is 11.1 Å². The summed E-state index contributed by atoms with van der Waals surface area (Å²) in [6.45, 7) is 9.48. The molecular weight excluding hydrogens is 474 g/mol. The van der Waals surface area contributed by atoms with E-state index in [-0.39, 0.29) is 29.0 Å². The Morgan fingerprint density at radius 2 is 2.06 bits per heavy atom. The van der Waals surface area contributed by atoms with Crippen molar-refractivity contribution in [2.75, 3.05) is 6.61 Å². The Hall–Kier alpha value is -0.560. The first-order valence-electron chi connectivity index (χ1n) is 14.3. The van der Waals surface area contributed by atoms with Crippen molar-refractivity contribution >= 4 is 43.9 Å². The number of carbonyl (C=O) groups excluding carboxylic acids is 1. The minimum Gasteiger partial charge on any atom is -0.466 e. The van der Waals surface area contributed by atoms with Crippen LogP contribution in [0.4, 0.5) is 0 Å². The maximum atomic E-state index is 11.8. The zero-order valence-corrected chi connectivity index (χ0v) is 23.2. The lowest BCUT2D eigenvalue weighted by Gasteiger charge is -2.57. The summed E-state index contributed by atoms with van der Waals surface area (Å²) < 4.78 is 32.1. The Kier molecular flexibility index (Phi) is 8.10. The summed E-state index contributed by atoms with van der Waals surface area (Å²) in [7, 11) is 2.49. The molecule has 2 fully saturated rings. The van der Waals surface area contributed by atoms with Crippen LogP contribution in [-0.4, -0.2) is 41.6 Å². The maximum Gasteiger partial charge on any atom is 0.305 e. The second kappa shape index (κ2) is 11.4. The molecule has 0 heterocycles. The number of hydrogen-bond acceptors (Lipinski definition) is 6. The third-order valence-corrected chi connectivity index (χ3v) is 10.2. The van der Waals surface area contributed by atoms with Gasteiger partial charge in [0, 0.05) is 18.3 Å². The average Bonchev–Trinajstić information content (AvgIpc) is 3.23. The van der Waals surface area contributed by atoms with E-state index in [1.807, 2.05) is 6.92 Å². The van der Waals surface area contributed by atoms with Crippen LogP contribution in [0.1, 0.15) is 79.1 Å². The van der Waals surface area contributed by atoms with Crippen LogP contribution in [0.3, 0.4) is 0 Å². The molecule has 0 spiro atoms. The summed E-state index contributed by atoms with van der Waals surface area (Å²) in [5.74, 6) is 1.30. The zero-order chi connectivity index (χ0) is 26.6. The lowest BCUT2D eigenvalue weighted by Crippen LogP contribution is -2.52. The highest BCUT2D eigenvalue weighted by molar-refractivity contribution is 8.16. The monoisotopic (exact) mass is 518 g/mol. The van der Waals surface area contributed by atoms with Gasteiger partial charge in [0.25, 0.3) is 0 Å². The van der Waals surface area contributed by atoms with Crippen molar-refractivity contribution in [3.63, 3.8) is 0 Å². The van der Waals surface area contributed by atoms with Gasteiger partial charge < -0.3 is 13.1 Å². The average molecular weight is 518 g/mol. The lowest BCUT2D eigenvalue weighted by molar-refractivity contribution is -0.143. The fourth-order valence-corrected chi connectivity index (χ4v) is 8.41. The zero-order valence-electron chi connectivity index (χ0n) is 23.6. The van der Waals surface area contributed by atoms with Crippen LogP contribution in [0.25, 0.3) is 0 Å². The molecule has 2 saturated carbocycles. The quantitative estimate of drug-likeness (QED) is 0.135. The molecule has 2 unspecified atom stereocenters. The Morgan fingerprint density at radius 3 is 2.83 bits per heavy atom. The standard InChI is InChI=1S/C27H40B2O4S2/c1-5-31-25(30)8-6-7-17(2)21-11-12-22-20-10-9-18-15-19(32-34-28)16-24(33-35-29)27(18,4)23(20)13-14-26(21,22)3/h9-11,17,19,22-24,28-29H,5-8,12-16H2,1-4H3/t17-,19+,22?,23?,24+,26-,27+/m1/s1/i28T,29T. The summed E-state index contributed by atoms with van der Waals surface area (Å²) >= 11 is 2.20. The Morgan fingerprint density at radius 1 is 1.26 bits per heavy atom. The molecule has 0 aromatic carbocycles. The summed E-state index contributed by atoms with van der Waals surface area (Å²) in [5, 5.41) is 0. The minimum absolute atomic E-state index is 0.00118. The van der Waals surface area contributed by atoms with Crippen molar-refractivity contribution in [2.45, 2.75) is 91.3 Å². The predicted molar refractivity (Wildman–Crippen MR) is 149 cm³/mol. The van der Waals surface area contributed by atoms with Crippen molar-refractivity contribution in [1.82, 2.24) is 0 Å². The predicted octanol–water partition coefficient (Wildman–Crippen LogP) is 6.08. The van der Waals surface area contributed by atoms with Gasteiger partial charge in [0.2, 0.25) is 14.2 Å². The smallest absolute Gasteiger partial charge is 0.305 e. The van der Waals surface area contributed by atoms with Crippen LogP contribution in [0, 0.1) is 28.6 Å². The van der Waals surface area contributed by atoms with Gasteiger partial charge in [-0.3, -0.25) is 4.79 Å². The summed E-state index contributed by atoms with van der Waals surface area (Å²) in [6, 6.07) is 0. The van der Waals surface area contributed by atoms with Crippen LogP contribution >= 0.6 is 23.8 Å². The number of esters is 1. The Bertz CT molecular complexity index is 932. The van der Waals surface area contributed by atoms with Gasteiger partial charge >= 0.3 is 5.97 Å². The van der Waals surface area contributed by atoms with Gasteiger partial charge in [-0.25, -0.2) is 0 Å². The van der Waals surface area contributed by atoms with Crippen LogP contribution in [0.2, 0.25) is 0 Å². The number of allylic oxidation sites excluding steroid dienone is 5. The minimum atomic E-state index is -0.120. The van der Waals surface area contributed by atoms with Crippen molar-refractivity contribution in [3.05, 3.63) is 34.9 Å². The van der Waals surface area contributed by atoms with E-state index in [1.165, 1.54) is 19.7 Å². The highest BCUT2D eigenvalue weighted by atomic mass is 32.2. The first kappa shape index (κ1) is 24.8. The van der Waals surface area contributed by atoms with Gasteiger partial charge in [-0.2, -0.15) is 0 Å². The van der Waals surface area contributed by atoms with Gasteiger partial charge in [-0.1, -0.05) is 79.5 Å². The molecule has 0 amide bonds. The second-order valence-corrected chi connectivity index (χ2v) is 11.9. The largest absolute Gasteiger partial charge is 0.466 e. The third-order valence-electron chi connectivity index (χ3n) is 9.46. The molecule has 4 aliphatic carbocycles. The molecule has 2 radical (unpaired) electrons. The molecular formula is C27H40B2O4S2. The molecule has 4 aliphatic rings. The highest BCUT2D eigenvalue weighted by Gasteiger charge is 2.57. The SMILES string of the molecule is [3H][B]SO[C@H]1CC2=CC=C3C(CC[C@]4(C)C([C@H](C)CCCC(=O)OCC)=CCC34)[C@@]2(C)[C@@H](OS[B][3H])C1. The van der Waals surface area contributed by atoms with Crippen molar-refractivity contribution < 1.29 is 17.9 Å². The Balaban J connectivity index is 1.52. The number of fused-ring (bicyclic) bond motifs is 5. The number of ether oxygens (including phenoxy) is 1. The van der Waals surface area contributed by atoms with Crippen LogP contribution in [0.15, 0.2) is 34.9 Å². The van der Waals surface area contributed by atoms with Gasteiger partial charge in [0.1, 0.15) is 0 Å². The van der Waals surface area contributed by atoms with Gasteiger partial charge in [-0.05, 0) is 71.3 Å². The molecule has 35 heavy (non-hydrogen) atoms. The van der Waals surface area contributed by atoms with Gasteiger partial charge in [0.15, 0.2) is 0 Å². The third kappa shape index (κ3) is 5.11. The number of hydrogen-bond donors (Lipinski definition) is 0. The van der Waals surface area contributed by atoms with Crippen LogP contribution < -0.4 is 0 Å². The van der Waals surface area contributed by atoms with E-state index >= 15 is 0 Å². The van der Waals surface area contributed by atoms with E-state index in [4.69, 9.17) is 15.8 Å². The molecule has 4 nitrogen and oxygen atoms in total. The van der Waals surface area contributed by atoms with Crippen LogP contribution in [-0.2, 0) is 17.9 Å². The molecule has 0 saturated heterocycles. The number of carbonyl (C=O) groups is 1. The van der Waals surface area contributed by atoms with Crippen molar-refractivity contribution in [3.8, 4) is 0 Å². The molecule has 0 aromatic heterocycles. The topological polar surface area (TPSA) is 44.8 Å². The molecule has 7 atom stereocenters. The summed E-state index contributed by atoms with van der Waals surface area (Å²) in [5.41, 5.74) is 4.56. The van der Waals surface area contributed by atoms with Gasteiger partial charge in [-0.15, -0.1) is 0 Å². The molecule has 0 N–H and O–H groups in total. The molecule has 8 heteroatoms. The molecule has 0 aromatic rings. The maximum absolute atomic E-state index is 11.8. The first-order chi connectivity index (χ1) is 17.8. The van der Waals surface area contributed by atoms with Crippen molar-refractivity contribution in [1.29, 1.82) is 2.67 Å². The van der Waals surface area contributed by atoms with E-state index < -0.39 is 0 Å². The van der Waals surface area contributed by atoms with Crippen LogP contribution in [0.5, 0.6) is 0 Å². The molecule has 190 valence electrons. The second-order valence-electron chi connectivity index (χ2n) is 11.1. The van der Waals surface area contributed by atoms with E-state index in [0.717, 1.165) is 68.7 Å². The fourth-order valence-electron chi connectivity index (χ4n) is 7.69. The van der Waals surface area contributed by atoms with Crippen molar-refractivity contribution in [2.24, 2.45) is 28.6 Å². The van der Waals surface area contributed by atoms with Gasteiger partial charge in [0.05, 0.1) is 18.8 Å². The van der Waals surface area contributed by atoms with E-state index in [2.05, 4.69) is 39.0 Å². The number of rotatable bonds is 12. The molecule has 4 rings (SSSR count). The van der Waals surface area contributed by atoms with E-state index in [0.29, 0.717) is 30.8 Å². The summed E-state index contributed by atoms with van der Waals surface area (Å²) in [4.78, 5) is 11.8. The first-order valence-corrected chi connectivity index (χ1v) is 14.7. The molecule has 0 bridgehead atoms. The lowest BCUT2D eigenvalue weighted by atomic mass is 9.49. The molecule has 0 aliphatic heterocycles. The Labute approximate surface area is 225 Å². The normalized spacial score (nSPS) is 37.3. The fraction of sp³-hybridized carbons (Fsp3) is 0.741. The summed E-state index contributed by atoms with van der Waals surface area (Å²) in [6.07, 6.45) is 14.6.